The van der Waals surface area contributed by atoms with Gasteiger partial charge in [-0.05, 0) is 6.42 Å². The van der Waals surface area contributed by atoms with Crippen LogP contribution in [0, 0.1) is 0 Å². The van der Waals surface area contributed by atoms with E-state index >= 15 is 0 Å². The second-order valence-electron chi connectivity index (χ2n) is 3.08. The molecule has 0 aromatic carbocycles. The normalized spacial score (nSPS) is 10.9. The molecule has 2 rings (SSSR count). The van der Waals surface area contributed by atoms with Gasteiger partial charge in [0.25, 0.3) is 0 Å². The first-order valence-corrected chi connectivity index (χ1v) is 4.46. The molecule has 0 saturated heterocycles. The Labute approximate surface area is 81.0 Å². The number of fused-ring (bicyclic) bond motifs is 1. The van der Waals surface area contributed by atoms with Crippen LogP contribution in [0.4, 0.5) is 11.8 Å². The second kappa shape index (κ2) is 3.13. The molecule has 0 aliphatic heterocycles. The molecule has 6 nitrogen and oxygen atoms in total. The molecule has 2 aromatic heterocycles. The van der Waals surface area contributed by atoms with E-state index in [1.807, 2.05) is 4.57 Å². The Morgan fingerprint density at radius 2 is 2.14 bits per heavy atom. The molecule has 0 bridgehead atoms. The number of nitrogens with zero attached hydrogens (tertiary/aromatic N) is 4. The number of aryl methyl sites for hydroxylation is 1. The highest BCUT2D eigenvalue weighted by atomic mass is 15.2. The molecule has 0 aliphatic carbocycles. The second-order valence-corrected chi connectivity index (χ2v) is 3.08. The van der Waals surface area contributed by atoms with Crippen LogP contribution in [0.1, 0.15) is 13.3 Å². The molecule has 2 aromatic rings. The Morgan fingerprint density at radius 3 is 2.86 bits per heavy atom. The predicted octanol–water partition coefficient (Wildman–Crippen LogP) is 0.401. The molecule has 0 fully saturated rings. The zero-order valence-electron chi connectivity index (χ0n) is 7.94. The van der Waals surface area contributed by atoms with Crippen LogP contribution >= 0.6 is 0 Å². The fraction of sp³-hybridized carbons (Fsp3) is 0.375. The molecular formula is C8H12N6. The van der Waals surface area contributed by atoms with Gasteiger partial charge in [0.1, 0.15) is 5.52 Å². The third kappa shape index (κ3) is 1.24. The number of aromatic nitrogens is 4. The van der Waals surface area contributed by atoms with E-state index in [2.05, 4.69) is 21.9 Å². The van der Waals surface area contributed by atoms with Gasteiger partial charge >= 0.3 is 0 Å². The van der Waals surface area contributed by atoms with E-state index in [9.17, 15) is 0 Å². The molecule has 74 valence electrons. The topological polar surface area (TPSA) is 95.6 Å². The van der Waals surface area contributed by atoms with Crippen LogP contribution in [0.3, 0.4) is 0 Å². The maximum atomic E-state index is 5.66. The summed E-state index contributed by atoms with van der Waals surface area (Å²) in [6, 6.07) is 0. The Balaban J connectivity index is 2.66. The van der Waals surface area contributed by atoms with Gasteiger partial charge in [0.05, 0.1) is 6.33 Å². The van der Waals surface area contributed by atoms with E-state index in [0.717, 1.165) is 13.0 Å². The summed E-state index contributed by atoms with van der Waals surface area (Å²) in [4.78, 5) is 12.1. The first kappa shape index (κ1) is 8.74. The van der Waals surface area contributed by atoms with Gasteiger partial charge in [-0.2, -0.15) is 9.97 Å². The molecule has 0 radical (unpaired) electrons. The predicted molar refractivity (Wildman–Crippen MR) is 54.4 cm³/mol. The Hall–Kier alpha value is -1.85. The van der Waals surface area contributed by atoms with Crippen LogP contribution in [-0.2, 0) is 6.54 Å². The van der Waals surface area contributed by atoms with E-state index < -0.39 is 0 Å². The van der Waals surface area contributed by atoms with Gasteiger partial charge in [-0.1, -0.05) is 6.92 Å². The minimum atomic E-state index is 0.188. The highest BCUT2D eigenvalue weighted by Crippen LogP contribution is 2.16. The third-order valence-corrected chi connectivity index (χ3v) is 1.97. The Kier molecular flexibility index (Phi) is 1.95. The lowest BCUT2D eigenvalue weighted by atomic mass is 10.4. The molecular weight excluding hydrogens is 180 g/mol. The van der Waals surface area contributed by atoms with Gasteiger partial charge in [0, 0.05) is 6.54 Å². The number of nitrogens with two attached hydrogens (primary N) is 2. The molecule has 14 heavy (non-hydrogen) atoms. The molecule has 4 N–H and O–H groups in total. The maximum absolute atomic E-state index is 5.66. The summed E-state index contributed by atoms with van der Waals surface area (Å²) < 4.78 is 1.92. The smallest absolute Gasteiger partial charge is 0.224 e. The molecule has 2 heterocycles. The average Bonchev–Trinajstić information content (AvgIpc) is 2.49. The lowest BCUT2D eigenvalue weighted by Crippen LogP contribution is -2.03. The third-order valence-electron chi connectivity index (χ3n) is 1.97. The van der Waals surface area contributed by atoms with E-state index in [4.69, 9.17) is 11.5 Å². The van der Waals surface area contributed by atoms with E-state index in [1.54, 1.807) is 6.33 Å². The minimum Gasteiger partial charge on any atom is -0.382 e. The number of nitrogen functional groups attached to an aromatic ring is 2. The van der Waals surface area contributed by atoms with Crippen molar-refractivity contribution in [3.05, 3.63) is 6.33 Å². The first-order chi connectivity index (χ1) is 6.72. The fourth-order valence-electron chi connectivity index (χ4n) is 1.39. The lowest BCUT2D eigenvalue weighted by molar-refractivity contribution is 0.691. The van der Waals surface area contributed by atoms with Crippen molar-refractivity contribution in [3.8, 4) is 0 Å². The largest absolute Gasteiger partial charge is 0.382 e. The van der Waals surface area contributed by atoms with E-state index in [-0.39, 0.29) is 5.95 Å². The van der Waals surface area contributed by atoms with Crippen LogP contribution < -0.4 is 11.5 Å². The highest BCUT2D eigenvalue weighted by molar-refractivity contribution is 5.82. The van der Waals surface area contributed by atoms with Gasteiger partial charge < -0.3 is 16.0 Å². The first-order valence-electron chi connectivity index (χ1n) is 4.46. The monoisotopic (exact) mass is 192 g/mol. The van der Waals surface area contributed by atoms with E-state index in [1.165, 1.54) is 0 Å². The standard InChI is InChI=1S/C8H12N6/c1-2-3-14-4-11-5-6(9)12-8(10)13-7(5)14/h4H,2-3H2,1H3,(H4,9,10,12,13). The van der Waals surface area contributed by atoms with Crippen LogP contribution in [0.2, 0.25) is 0 Å². The van der Waals surface area contributed by atoms with Gasteiger partial charge in [-0.15, -0.1) is 0 Å². The summed E-state index contributed by atoms with van der Waals surface area (Å²) in [7, 11) is 0. The van der Waals surface area contributed by atoms with Gasteiger partial charge in [0.15, 0.2) is 11.5 Å². The van der Waals surface area contributed by atoms with Crippen molar-refractivity contribution in [2.45, 2.75) is 19.9 Å². The summed E-state index contributed by atoms with van der Waals surface area (Å²) in [6.45, 7) is 2.94. The molecule has 0 saturated carbocycles. The molecule has 6 heteroatoms. The fourth-order valence-corrected chi connectivity index (χ4v) is 1.39. The average molecular weight is 192 g/mol. The van der Waals surface area contributed by atoms with Crippen molar-refractivity contribution in [2.24, 2.45) is 0 Å². The maximum Gasteiger partial charge on any atom is 0.224 e. The number of anilines is 2. The molecule has 0 unspecified atom stereocenters. The number of hydrogen-bond acceptors (Lipinski definition) is 5. The summed E-state index contributed by atoms with van der Waals surface area (Å²) in [6.07, 6.45) is 2.72. The summed E-state index contributed by atoms with van der Waals surface area (Å²) in [5.41, 5.74) is 12.5. The summed E-state index contributed by atoms with van der Waals surface area (Å²) in [5, 5.41) is 0. The zero-order valence-corrected chi connectivity index (χ0v) is 7.94. The van der Waals surface area contributed by atoms with E-state index in [0.29, 0.717) is 17.0 Å². The molecule has 0 spiro atoms. The van der Waals surface area contributed by atoms with Crippen LogP contribution in [-0.4, -0.2) is 19.5 Å². The van der Waals surface area contributed by atoms with Crippen molar-refractivity contribution in [2.75, 3.05) is 11.5 Å². The van der Waals surface area contributed by atoms with Crippen molar-refractivity contribution < 1.29 is 0 Å². The van der Waals surface area contributed by atoms with Crippen LogP contribution in [0.25, 0.3) is 11.2 Å². The van der Waals surface area contributed by atoms with Crippen molar-refractivity contribution in [3.63, 3.8) is 0 Å². The molecule has 0 atom stereocenters. The zero-order chi connectivity index (χ0) is 10.1. The van der Waals surface area contributed by atoms with Gasteiger partial charge in [-0.25, -0.2) is 4.98 Å². The summed E-state index contributed by atoms with van der Waals surface area (Å²) >= 11 is 0. The quantitative estimate of drug-likeness (QED) is 0.718. The summed E-state index contributed by atoms with van der Waals surface area (Å²) in [5.74, 6) is 0.523. The minimum absolute atomic E-state index is 0.188. The van der Waals surface area contributed by atoms with Crippen molar-refractivity contribution in [1.29, 1.82) is 0 Å². The Morgan fingerprint density at radius 1 is 1.36 bits per heavy atom. The Bertz CT molecular complexity index is 460. The van der Waals surface area contributed by atoms with Crippen LogP contribution in [0.5, 0.6) is 0 Å². The molecule has 0 amide bonds. The van der Waals surface area contributed by atoms with Crippen molar-refractivity contribution >= 4 is 22.9 Å². The molecule has 0 aliphatic rings. The van der Waals surface area contributed by atoms with Gasteiger partial charge in [0.2, 0.25) is 5.95 Å². The highest BCUT2D eigenvalue weighted by Gasteiger charge is 2.08. The SMILES string of the molecule is CCCn1cnc2c(N)nc(N)nc21. The van der Waals surface area contributed by atoms with Crippen molar-refractivity contribution in [1.82, 2.24) is 19.5 Å². The number of imidazole rings is 1. The lowest BCUT2D eigenvalue weighted by Gasteiger charge is -2.01. The van der Waals surface area contributed by atoms with Gasteiger partial charge in [-0.3, -0.25) is 0 Å². The van der Waals surface area contributed by atoms with Crippen LogP contribution in [0.15, 0.2) is 6.33 Å². The number of rotatable bonds is 2. The number of hydrogen-bond donors (Lipinski definition) is 2.